The van der Waals surface area contributed by atoms with Crippen molar-refractivity contribution in [3.05, 3.63) is 35.9 Å². The van der Waals surface area contributed by atoms with Crippen LogP contribution >= 0.6 is 0 Å². The number of amides is 1. The van der Waals surface area contributed by atoms with E-state index in [2.05, 4.69) is 0 Å². The van der Waals surface area contributed by atoms with Crippen molar-refractivity contribution in [1.82, 2.24) is 5.06 Å². The van der Waals surface area contributed by atoms with Crippen molar-refractivity contribution in [2.45, 2.75) is 52.7 Å². The van der Waals surface area contributed by atoms with Crippen molar-refractivity contribution in [2.75, 3.05) is 0 Å². The Morgan fingerprint density at radius 3 is 2.32 bits per heavy atom. The minimum Gasteiger partial charge on any atom is -0.479 e. The fourth-order valence-corrected chi connectivity index (χ4v) is 1.77. The summed E-state index contributed by atoms with van der Waals surface area (Å²) in [5.74, 6) is -0.913. The lowest BCUT2D eigenvalue weighted by Crippen LogP contribution is -2.44. The van der Waals surface area contributed by atoms with Gasteiger partial charge < -0.3 is 5.11 Å². The van der Waals surface area contributed by atoms with Gasteiger partial charge in [-0.05, 0) is 31.7 Å². The molecule has 1 amide bonds. The van der Waals surface area contributed by atoms with Crippen LogP contribution in [0.5, 0.6) is 0 Å². The van der Waals surface area contributed by atoms with Gasteiger partial charge in [0.2, 0.25) is 5.91 Å². The highest BCUT2D eigenvalue weighted by atomic mass is 16.7. The molecule has 0 fully saturated rings. The Labute approximate surface area is 131 Å². The second-order valence-corrected chi connectivity index (χ2v) is 6.26. The van der Waals surface area contributed by atoms with Gasteiger partial charge >= 0.3 is 5.97 Å². The van der Waals surface area contributed by atoms with E-state index in [0.29, 0.717) is 12.3 Å². The number of carbonyl (C=O) groups is 2. The molecule has 0 atom stereocenters. The molecule has 0 saturated heterocycles. The number of aliphatic carboxylic acids is 1. The zero-order chi connectivity index (χ0) is 16.8. The van der Waals surface area contributed by atoms with Crippen LogP contribution < -0.4 is 0 Å². The Balaban J connectivity index is 2.84. The molecule has 1 aromatic carbocycles. The summed E-state index contributed by atoms with van der Waals surface area (Å²) in [6.45, 7) is 7.17. The van der Waals surface area contributed by atoms with Gasteiger partial charge in [-0.1, -0.05) is 44.2 Å². The fraction of sp³-hybridized carbons (Fsp3) is 0.529. The molecule has 0 heterocycles. The van der Waals surface area contributed by atoms with Gasteiger partial charge in [-0.3, -0.25) is 9.63 Å². The Bertz CT molecular complexity index is 497. The van der Waals surface area contributed by atoms with E-state index in [-0.39, 0.29) is 12.5 Å². The Morgan fingerprint density at radius 1 is 1.23 bits per heavy atom. The quantitative estimate of drug-likeness (QED) is 0.749. The van der Waals surface area contributed by atoms with Gasteiger partial charge in [0.15, 0.2) is 5.60 Å². The standard InChI is InChI=1S/C17H25NO4/c1-13(2)10-11-15(19)18(22-17(3,4)16(20)21)12-14-8-6-5-7-9-14/h5-9,13H,10-12H2,1-4H3,(H,20,21). The summed E-state index contributed by atoms with van der Waals surface area (Å²) in [5.41, 5.74) is -0.566. The first kappa shape index (κ1) is 18.2. The molecule has 0 bridgehead atoms. The first-order valence-electron chi connectivity index (χ1n) is 7.49. The van der Waals surface area contributed by atoms with Gasteiger partial charge in [0.1, 0.15) is 0 Å². The van der Waals surface area contributed by atoms with Crippen LogP contribution in [-0.2, 0) is 21.0 Å². The molecular formula is C17H25NO4. The molecule has 0 aliphatic carbocycles. The van der Waals surface area contributed by atoms with Crippen molar-refractivity contribution in [2.24, 2.45) is 5.92 Å². The maximum Gasteiger partial charge on any atom is 0.338 e. The van der Waals surface area contributed by atoms with E-state index in [1.54, 1.807) is 0 Å². The number of rotatable bonds is 8. The summed E-state index contributed by atoms with van der Waals surface area (Å²) in [6, 6.07) is 9.37. The molecule has 5 nitrogen and oxygen atoms in total. The summed E-state index contributed by atoms with van der Waals surface area (Å²) in [6.07, 6.45) is 1.07. The predicted molar refractivity (Wildman–Crippen MR) is 83.9 cm³/mol. The Kier molecular flexibility index (Phi) is 6.56. The van der Waals surface area contributed by atoms with Gasteiger partial charge in [0.05, 0.1) is 6.54 Å². The molecule has 0 aliphatic heterocycles. The zero-order valence-corrected chi connectivity index (χ0v) is 13.7. The molecular weight excluding hydrogens is 282 g/mol. The average Bonchev–Trinajstić information content (AvgIpc) is 2.44. The summed E-state index contributed by atoms with van der Waals surface area (Å²) < 4.78 is 0. The molecule has 1 rings (SSSR count). The molecule has 1 aromatic rings. The van der Waals surface area contributed by atoms with Gasteiger partial charge in [-0.2, -0.15) is 0 Å². The number of hydroxylamine groups is 2. The van der Waals surface area contributed by atoms with Crippen LogP contribution in [0.15, 0.2) is 30.3 Å². The van der Waals surface area contributed by atoms with E-state index in [4.69, 9.17) is 4.84 Å². The molecule has 5 heteroatoms. The van der Waals surface area contributed by atoms with E-state index < -0.39 is 11.6 Å². The lowest BCUT2D eigenvalue weighted by atomic mass is 10.1. The van der Waals surface area contributed by atoms with Crippen LogP contribution in [0.2, 0.25) is 0 Å². The molecule has 0 saturated carbocycles. The molecule has 122 valence electrons. The second-order valence-electron chi connectivity index (χ2n) is 6.26. The van der Waals surface area contributed by atoms with Crippen molar-refractivity contribution in [3.63, 3.8) is 0 Å². The second kappa shape index (κ2) is 7.94. The van der Waals surface area contributed by atoms with Crippen LogP contribution in [-0.4, -0.2) is 27.6 Å². The van der Waals surface area contributed by atoms with Crippen molar-refractivity contribution >= 4 is 11.9 Å². The summed E-state index contributed by atoms with van der Waals surface area (Å²) in [7, 11) is 0. The first-order chi connectivity index (χ1) is 10.2. The maximum atomic E-state index is 12.4. The number of carboxylic acid groups (broad SMARTS) is 1. The van der Waals surface area contributed by atoms with Gasteiger partial charge in [-0.15, -0.1) is 0 Å². The normalized spacial score (nSPS) is 11.5. The highest BCUT2D eigenvalue weighted by Crippen LogP contribution is 2.17. The monoisotopic (exact) mass is 307 g/mol. The van der Waals surface area contributed by atoms with E-state index in [0.717, 1.165) is 12.0 Å². The molecule has 0 aliphatic rings. The van der Waals surface area contributed by atoms with E-state index in [9.17, 15) is 14.7 Å². The van der Waals surface area contributed by atoms with Crippen molar-refractivity contribution in [3.8, 4) is 0 Å². The highest BCUT2D eigenvalue weighted by molar-refractivity contribution is 5.78. The number of benzene rings is 1. The zero-order valence-electron chi connectivity index (χ0n) is 13.7. The lowest BCUT2D eigenvalue weighted by Gasteiger charge is -2.29. The van der Waals surface area contributed by atoms with E-state index in [1.165, 1.54) is 18.9 Å². The van der Waals surface area contributed by atoms with Crippen LogP contribution in [0.25, 0.3) is 0 Å². The highest BCUT2D eigenvalue weighted by Gasteiger charge is 2.33. The van der Waals surface area contributed by atoms with Gasteiger partial charge in [0.25, 0.3) is 0 Å². The Hall–Kier alpha value is -1.88. The number of carboxylic acids is 1. The summed E-state index contributed by atoms with van der Waals surface area (Å²) in [4.78, 5) is 29.1. The van der Waals surface area contributed by atoms with E-state index in [1.807, 2.05) is 44.2 Å². The predicted octanol–water partition coefficient (Wildman–Crippen LogP) is 3.25. The van der Waals surface area contributed by atoms with Crippen LogP contribution in [0.4, 0.5) is 0 Å². The smallest absolute Gasteiger partial charge is 0.338 e. The maximum absolute atomic E-state index is 12.4. The SMILES string of the molecule is CC(C)CCC(=O)N(Cc1ccccc1)OC(C)(C)C(=O)O. The number of nitrogens with zero attached hydrogens (tertiary/aromatic N) is 1. The molecule has 0 unspecified atom stereocenters. The van der Waals surface area contributed by atoms with Gasteiger partial charge in [-0.25, -0.2) is 9.86 Å². The minimum absolute atomic E-state index is 0.202. The number of carbonyl (C=O) groups excluding carboxylic acids is 1. The van der Waals surface area contributed by atoms with Crippen LogP contribution in [0.3, 0.4) is 0 Å². The lowest BCUT2D eigenvalue weighted by molar-refractivity contribution is -0.240. The van der Waals surface area contributed by atoms with Gasteiger partial charge in [0, 0.05) is 6.42 Å². The fourth-order valence-electron chi connectivity index (χ4n) is 1.77. The molecule has 0 aromatic heterocycles. The Morgan fingerprint density at radius 2 is 1.82 bits per heavy atom. The summed E-state index contributed by atoms with van der Waals surface area (Å²) in [5, 5.41) is 10.4. The first-order valence-corrected chi connectivity index (χ1v) is 7.49. The third-order valence-electron chi connectivity index (χ3n) is 3.24. The number of hydrogen-bond acceptors (Lipinski definition) is 3. The van der Waals surface area contributed by atoms with Crippen molar-refractivity contribution < 1.29 is 19.5 Å². The third kappa shape index (κ3) is 5.85. The minimum atomic E-state index is -1.46. The van der Waals surface area contributed by atoms with Crippen LogP contribution in [0.1, 0.15) is 46.1 Å². The molecule has 0 radical (unpaired) electrons. The summed E-state index contributed by atoms with van der Waals surface area (Å²) >= 11 is 0. The van der Waals surface area contributed by atoms with Crippen molar-refractivity contribution in [1.29, 1.82) is 0 Å². The average molecular weight is 307 g/mol. The largest absolute Gasteiger partial charge is 0.479 e. The third-order valence-corrected chi connectivity index (χ3v) is 3.24. The number of hydrogen-bond donors (Lipinski definition) is 1. The van der Waals surface area contributed by atoms with Crippen LogP contribution in [0, 0.1) is 5.92 Å². The van der Waals surface area contributed by atoms with E-state index >= 15 is 0 Å². The topological polar surface area (TPSA) is 66.8 Å². The molecule has 1 N–H and O–H groups in total. The molecule has 0 spiro atoms. The molecule has 22 heavy (non-hydrogen) atoms.